The molecule has 2 heterocycles. The van der Waals surface area contributed by atoms with Crippen molar-refractivity contribution in [2.45, 2.75) is 57.6 Å². The van der Waals surface area contributed by atoms with Crippen LogP contribution >= 0.6 is 0 Å². The average molecular weight is 389 g/mol. The summed E-state index contributed by atoms with van der Waals surface area (Å²) in [5.74, 6) is 1.46. The van der Waals surface area contributed by atoms with Gasteiger partial charge in [-0.05, 0) is 44.1 Å². The summed E-state index contributed by atoms with van der Waals surface area (Å²) in [5.41, 5.74) is 1.08. The largest absolute Gasteiger partial charge is 0.474 e. The standard InChI is InChI=1S/C21H32N4O3/c1-22-21(25-12-10-17(11-13-25)20(26)27-2)24-15-16-8-9-19(23-14-16)28-18-6-4-3-5-7-18/h8-9,14,17-18H,3-7,10-13,15H2,1-2H3,(H,22,24). The number of methoxy groups -OCH3 is 1. The Hall–Kier alpha value is -2.31. The Balaban J connectivity index is 1.45. The molecule has 1 saturated heterocycles. The van der Waals surface area contributed by atoms with Gasteiger partial charge < -0.3 is 19.7 Å². The van der Waals surface area contributed by atoms with Crippen LogP contribution in [0.3, 0.4) is 0 Å². The van der Waals surface area contributed by atoms with Gasteiger partial charge in [0.25, 0.3) is 0 Å². The van der Waals surface area contributed by atoms with Crippen molar-refractivity contribution in [1.82, 2.24) is 15.2 Å². The highest BCUT2D eigenvalue weighted by Crippen LogP contribution is 2.22. The summed E-state index contributed by atoms with van der Waals surface area (Å²) in [5, 5.41) is 3.39. The fourth-order valence-electron chi connectivity index (χ4n) is 3.95. The second-order valence-corrected chi connectivity index (χ2v) is 7.57. The number of rotatable bonds is 5. The van der Waals surface area contributed by atoms with Crippen LogP contribution in [0.2, 0.25) is 0 Å². The van der Waals surface area contributed by atoms with Crippen LogP contribution in [0.1, 0.15) is 50.5 Å². The van der Waals surface area contributed by atoms with Crippen molar-refractivity contribution in [3.63, 3.8) is 0 Å². The van der Waals surface area contributed by atoms with E-state index in [2.05, 4.69) is 26.3 Å². The molecule has 1 aromatic rings. The molecule has 2 aliphatic rings. The molecule has 0 aromatic carbocycles. The van der Waals surface area contributed by atoms with Crippen LogP contribution in [0.4, 0.5) is 0 Å². The van der Waals surface area contributed by atoms with E-state index in [4.69, 9.17) is 9.47 Å². The van der Waals surface area contributed by atoms with Crippen molar-refractivity contribution < 1.29 is 14.3 Å². The SMILES string of the molecule is CN=C(NCc1ccc(OC2CCCCC2)nc1)N1CCC(C(=O)OC)CC1. The van der Waals surface area contributed by atoms with Gasteiger partial charge in [-0.15, -0.1) is 0 Å². The quantitative estimate of drug-likeness (QED) is 0.475. The predicted molar refractivity (Wildman–Crippen MR) is 108 cm³/mol. The van der Waals surface area contributed by atoms with Crippen LogP contribution in [0.5, 0.6) is 5.88 Å². The molecule has 1 saturated carbocycles. The number of nitrogens with one attached hydrogen (secondary N) is 1. The second kappa shape index (κ2) is 10.3. The summed E-state index contributed by atoms with van der Waals surface area (Å²) in [7, 11) is 3.24. The highest BCUT2D eigenvalue weighted by atomic mass is 16.5. The summed E-state index contributed by atoms with van der Waals surface area (Å²) >= 11 is 0. The molecule has 154 valence electrons. The lowest BCUT2D eigenvalue weighted by Gasteiger charge is -2.33. The Morgan fingerprint density at radius 2 is 1.96 bits per heavy atom. The predicted octanol–water partition coefficient (Wildman–Crippen LogP) is 2.75. The minimum absolute atomic E-state index is 0.000245. The van der Waals surface area contributed by atoms with Crippen molar-refractivity contribution in [3.8, 4) is 5.88 Å². The average Bonchev–Trinajstić information content (AvgIpc) is 2.76. The van der Waals surface area contributed by atoms with E-state index in [1.54, 1.807) is 7.05 Å². The van der Waals surface area contributed by atoms with Crippen molar-refractivity contribution in [3.05, 3.63) is 23.9 Å². The molecule has 0 amide bonds. The molecular formula is C21H32N4O3. The Morgan fingerprint density at radius 3 is 2.57 bits per heavy atom. The van der Waals surface area contributed by atoms with Crippen molar-refractivity contribution in [2.24, 2.45) is 10.9 Å². The number of guanidine groups is 1. The summed E-state index contributed by atoms with van der Waals surface area (Å²) < 4.78 is 10.8. The first-order valence-electron chi connectivity index (χ1n) is 10.3. The van der Waals surface area contributed by atoms with E-state index in [0.717, 1.165) is 50.3 Å². The van der Waals surface area contributed by atoms with E-state index in [0.29, 0.717) is 18.5 Å². The minimum Gasteiger partial charge on any atom is -0.474 e. The Kier molecular flexibility index (Phi) is 7.51. The number of nitrogens with zero attached hydrogens (tertiary/aromatic N) is 3. The van der Waals surface area contributed by atoms with E-state index >= 15 is 0 Å². The number of ether oxygens (including phenoxy) is 2. The van der Waals surface area contributed by atoms with Gasteiger partial charge in [-0.1, -0.05) is 12.5 Å². The number of aromatic nitrogens is 1. The van der Waals surface area contributed by atoms with Crippen LogP contribution in [0, 0.1) is 5.92 Å². The van der Waals surface area contributed by atoms with Crippen LogP contribution in [-0.4, -0.2) is 55.2 Å². The van der Waals surface area contributed by atoms with Gasteiger partial charge in [0.2, 0.25) is 5.88 Å². The van der Waals surface area contributed by atoms with E-state index in [9.17, 15) is 4.79 Å². The molecule has 0 atom stereocenters. The summed E-state index contributed by atoms with van der Waals surface area (Å²) in [4.78, 5) is 22.7. The molecule has 0 unspecified atom stereocenters. The topological polar surface area (TPSA) is 76.1 Å². The molecule has 7 heteroatoms. The lowest BCUT2D eigenvalue weighted by atomic mass is 9.97. The molecule has 1 aliphatic carbocycles. The zero-order valence-electron chi connectivity index (χ0n) is 17.0. The lowest BCUT2D eigenvalue weighted by Crippen LogP contribution is -2.46. The molecule has 2 fully saturated rings. The fourth-order valence-corrected chi connectivity index (χ4v) is 3.95. The second-order valence-electron chi connectivity index (χ2n) is 7.57. The highest BCUT2D eigenvalue weighted by Gasteiger charge is 2.26. The zero-order valence-corrected chi connectivity index (χ0v) is 17.0. The monoisotopic (exact) mass is 388 g/mol. The van der Waals surface area contributed by atoms with E-state index in [-0.39, 0.29) is 11.9 Å². The Morgan fingerprint density at radius 1 is 1.21 bits per heavy atom. The third-order valence-electron chi connectivity index (χ3n) is 5.63. The molecule has 0 spiro atoms. The number of piperidine rings is 1. The van der Waals surface area contributed by atoms with Crippen LogP contribution < -0.4 is 10.1 Å². The molecule has 1 aliphatic heterocycles. The van der Waals surface area contributed by atoms with Gasteiger partial charge in [0.15, 0.2) is 5.96 Å². The van der Waals surface area contributed by atoms with Gasteiger partial charge in [-0.2, -0.15) is 0 Å². The first kappa shape index (κ1) is 20.4. The molecule has 3 rings (SSSR count). The lowest BCUT2D eigenvalue weighted by molar-refractivity contribution is -0.146. The van der Waals surface area contributed by atoms with Crippen LogP contribution in [0.25, 0.3) is 0 Å². The van der Waals surface area contributed by atoms with Gasteiger partial charge in [-0.25, -0.2) is 4.98 Å². The molecule has 1 N–H and O–H groups in total. The molecule has 1 aromatic heterocycles. The summed E-state index contributed by atoms with van der Waals surface area (Å²) in [6, 6.07) is 4.01. The number of hydrogen-bond acceptors (Lipinski definition) is 5. The van der Waals surface area contributed by atoms with Crippen LogP contribution in [0.15, 0.2) is 23.3 Å². The number of likely N-dealkylation sites (tertiary alicyclic amines) is 1. The summed E-state index contributed by atoms with van der Waals surface area (Å²) in [6.07, 6.45) is 9.86. The minimum atomic E-state index is -0.107. The number of pyridine rings is 1. The van der Waals surface area contributed by atoms with Gasteiger partial charge in [0.1, 0.15) is 6.10 Å². The van der Waals surface area contributed by atoms with Gasteiger partial charge in [0.05, 0.1) is 13.0 Å². The molecule has 0 radical (unpaired) electrons. The molecule has 7 nitrogen and oxygen atoms in total. The van der Waals surface area contributed by atoms with E-state index in [1.807, 2.05) is 12.3 Å². The number of hydrogen-bond donors (Lipinski definition) is 1. The maximum absolute atomic E-state index is 11.7. The van der Waals surface area contributed by atoms with E-state index < -0.39 is 0 Å². The van der Waals surface area contributed by atoms with Crippen molar-refractivity contribution in [2.75, 3.05) is 27.2 Å². The molecular weight excluding hydrogens is 356 g/mol. The zero-order chi connectivity index (χ0) is 19.8. The first-order valence-corrected chi connectivity index (χ1v) is 10.3. The fraction of sp³-hybridized carbons (Fsp3) is 0.667. The van der Waals surface area contributed by atoms with Gasteiger partial charge in [-0.3, -0.25) is 9.79 Å². The smallest absolute Gasteiger partial charge is 0.308 e. The third kappa shape index (κ3) is 5.59. The van der Waals surface area contributed by atoms with Crippen LogP contribution in [-0.2, 0) is 16.1 Å². The Bertz CT molecular complexity index is 648. The number of carbonyl (C=O) groups excluding carboxylic acids is 1. The van der Waals surface area contributed by atoms with Crippen molar-refractivity contribution in [1.29, 1.82) is 0 Å². The number of carbonyl (C=O) groups is 1. The maximum atomic E-state index is 11.7. The van der Waals surface area contributed by atoms with Gasteiger partial charge in [0, 0.05) is 38.9 Å². The maximum Gasteiger partial charge on any atom is 0.308 e. The molecule has 28 heavy (non-hydrogen) atoms. The van der Waals surface area contributed by atoms with Gasteiger partial charge >= 0.3 is 5.97 Å². The normalized spacial score (nSPS) is 19.4. The third-order valence-corrected chi connectivity index (χ3v) is 5.63. The first-order chi connectivity index (χ1) is 13.7. The van der Waals surface area contributed by atoms with Crippen molar-refractivity contribution >= 4 is 11.9 Å². The number of esters is 1. The number of aliphatic imine (C=N–C) groups is 1. The van der Waals surface area contributed by atoms with E-state index in [1.165, 1.54) is 26.4 Å². The highest BCUT2D eigenvalue weighted by molar-refractivity contribution is 5.80. The molecule has 0 bridgehead atoms. The Labute approximate surface area is 167 Å². The summed E-state index contributed by atoms with van der Waals surface area (Å²) in [6.45, 7) is 2.25.